The van der Waals surface area contributed by atoms with E-state index in [0.29, 0.717) is 49.0 Å². The summed E-state index contributed by atoms with van der Waals surface area (Å²) in [5.41, 5.74) is 1.64. The minimum absolute atomic E-state index is 0.0273. The number of aliphatic hydroxyl groups is 1. The highest BCUT2D eigenvalue weighted by atomic mass is 16.5. The summed E-state index contributed by atoms with van der Waals surface area (Å²) in [6, 6.07) is 2.63. The van der Waals surface area contributed by atoms with Gasteiger partial charge >= 0.3 is 0 Å². The van der Waals surface area contributed by atoms with Crippen molar-refractivity contribution in [3.8, 4) is 0 Å². The highest BCUT2D eigenvalue weighted by molar-refractivity contribution is 6.46. The molecule has 2 aromatic rings. The van der Waals surface area contributed by atoms with Gasteiger partial charge in [0.05, 0.1) is 36.3 Å². The lowest BCUT2D eigenvalue weighted by Gasteiger charge is -2.30. The van der Waals surface area contributed by atoms with Gasteiger partial charge in [-0.1, -0.05) is 0 Å². The molecule has 0 radical (unpaired) electrons. The summed E-state index contributed by atoms with van der Waals surface area (Å²) in [4.78, 5) is 29.4. The van der Waals surface area contributed by atoms with E-state index >= 15 is 0 Å². The molecule has 1 atom stereocenters. The van der Waals surface area contributed by atoms with Gasteiger partial charge in [-0.3, -0.25) is 19.6 Å². The number of nitrogens with zero attached hydrogens (tertiary/aromatic N) is 3. The molecule has 9 nitrogen and oxygen atoms in total. The number of aryl methyl sites for hydroxylation is 2. The summed E-state index contributed by atoms with van der Waals surface area (Å²) in [7, 11) is 0. The minimum atomic E-state index is -0.778. The van der Waals surface area contributed by atoms with Crippen LogP contribution in [-0.4, -0.2) is 76.2 Å². The number of hydrogen-bond donors (Lipinski definition) is 2. The number of aliphatic hydroxyl groups excluding tert-OH is 1. The summed E-state index contributed by atoms with van der Waals surface area (Å²) >= 11 is 0. The van der Waals surface area contributed by atoms with Crippen molar-refractivity contribution in [1.29, 1.82) is 0 Å². The fourth-order valence-electron chi connectivity index (χ4n) is 3.96. The van der Waals surface area contributed by atoms with E-state index in [0.717, 1.165) is 13.1 Å². The van der Waals surface area contributed by atoms with Crippen molar-refractivity contribution in [2.75, 3.05) is 39.4 Å². The number of H-pyrrole nitrogens is 1. The first-order valence-electron chi connectivity index (χ1n) is 9.63. The standard InChI is InChI=1S/C20H24N4O5/c1-12-15(13(2)22-21-12)18(25)16-17(14-4-3-9-29-14)24(20(27)19(16)26)6-5-23-7-10-28-11-8-23/h3-4,9,17,25H,5-8,10-11H2,1-2H3,(H,21,22). The second kappa shape index (κ2) is 7.84. The van der Waals surface area contributed by atoms with E-state index in [2.05, 4.69) is 15.1 Å². The van der Waals surface area contributed by atoms with Crippen molar-refractivity contribution in [3.63, 3.8) is 0 Å². The average Bonchev–Trinajstić information content (AvgIpc) is 3.41. The largest absolute Gasteiger partial charge is 0.507 e. The van der Waals surface area contributed by atoms with E-state index < -0.39 is 17.7 Å². The quantitative estimate of drug-likeness (QED) is 0.443. The van der Waals surface area contributed by atoms with E-state index in [4.69, 9.17) is 9.15 Å². The van der Waals surface area contributed by atoms with Gasteiger partial charge in [-0.25, -0.2) is 0 Å². The lowest BCUT2D eigenvalue weighted by molar-refractivity contribution is -0.140. The number of carbonyl (C=O) groups excluding carboxylic acids is 2. The zero-order chi connectivity index (χ0) is 20.5. The molecule has 2 aromatic heterocycles. The molecular weight excluding hydrogens is 376 g/mol. The molecule has 1 unspecified atom stereocenters. The Labute approximate surface area is 167 Å². The Morgan fingerprint density at radius 3 is 2.66 bits per heavy atom. The molecule has 4 rings (SSSR count). The van der Waals surface area contributed by atoms with E-state index in [1.54, 1.807) is 26.0 Å². The fourth-order valence-corrected chi connectivity index (χ4v) is 3.96. The monoisotopic (exact) mass is 400 g/mol. The highest BCUT2D eigenvalue weighted by Crippen LogP contribution is 2.40. The molecular formula is C20H24N4O5. The molecule has 2 aliphatic rings. The maximum absolute atomic E-state index is 12.9. The van der Waals surface area contributed by atoms with Crippen LogP contribution in [-0.2, 0) is 14.3 Å². The van der Waals surface area contributed by atoms with Crippen LogP contribution in [0.15, 0.2) is 28.4 Å². The van der Waals surface area contributed by atoms with Crippen molar-refractivity contribution in [2.24, 2.45) is 0 Å². The predicted molar refractivity (Wildman–Crippen MR) is 103 cm³/mol. The molecule has 0 aromatic carbocycles. The Morgan fingerprint density at radius 1 is 1.28 bits per heavy atom. The van der Waals surface area contributed by atoms with E-state index in [1.165, 1.54) is 11.2 Å². The number of furan rings is 1. The third-order valence-corrected chi connectivity index (χ3v) is 5.48. The van der Waals surface area contributed by atoms with Crippen molar-refractivity contribution >= 4 is 17.4 Å². The summed E-state index contributed by atoms with van der Waals surface area (Å²) in [5, 5.41) is 17.9. The maximum Gasteiger partial charge on any atom is 0.295 e. The van der Waals surface area contributed by atoms with E-state index in [1.807, 2.05) is 0 Å². The molecule has 4 heterocycles. The van der Waals surface area contributed by atoms with Gasteiger partial charge in [0.15, 0.2) is 0 Å². The topological polar surface area (TPSA) is 112 Å². The minimum Gasteiger partial charge on any atom is -0.507 e. The molecule has 0 saturated carbocycles. The van der Waals surface area contributed by atoms with Gasteiger partial charge in [0.2, 0.25) is 0 Å². The van der Waals surface area contributed by atoms with Crippen molar-refractivity contribution in [3.05, 3.63) is 46.7 Å². The van der Waals surface area contributed by atoms with E-state index in [9.17, 15) is 14.7 Å². The van der Waals surface area contributed by atoms with Crippen LogP contribution < -0.4 is 0 Å². The molecule has 9 heteroatoms. The number of ether oxygens (including phenoxy) is 1. The predicted octanol–water partition coefficient (Wildman–Crippen LogP) is 1.37. The van der Waals surface area contributed by atoms with E-state index in [-0.39, 0.29) is 11.3 Å². The number of morpholine rings is 1. The van der Waals surface area contributed by atoms with Gasteiger partial charge in [0.1, 0.15) is 17.6 Å². The zero-order valence-electron chi connectivity index (χ0n) is 16.5. The molecule has 0 aliphatic carbocycles. The average molecular weight is 400 g/mol. The van der Waals surface area contributed by atoms with Crippen LogP contribution in [0.3, 0.4) is 0 Å². The molecule has 0 bridgehead atoms. The van der Waals surface area contributed by atoms with Crippen molar-refractivity contribution in [2.45, 2.75) is 19.9 Å². The van der Waals surface area contributed by atoms with Crippen LogP contribution in [0.1, 0.15) is 28.8 Å². The Hall–Kier alpha value is -2.91. The van der Waals surface area contributed by atoms with Crippen LogP contribution in [0.5, 0.6) is 0 Å². The molecule has 0 spiro atoms. The number of likely N-dealkylation sites (tertiary alicyclic amines) is 1. The SMILES string of the molecule is Cc1n[nH]c(C)c1C(O)=C1C(=O)C(=O)N(CCN2CCOCC2)C1c1ccco1. The van der Waals surface area contributed by atoms with Gasteiger partial charge < -0.3 is 19.2 Å². The number of Topliss-reactive ketones (excluding diaryl/α,β-unsaturated/α-hetero) is 1. The molecule has 29 heavy (non-hydrogen) atoms. The maximum atomic E-state index is 12.9. The Kier molecular flexibility index (Phi) is 5.25. The summed E-state index contributed by atoms with van der Waals surface area (Å²) in [6.07, 6.45) is 1.49. The third kappa shape index (κ3) is 3.47. The van der Waals surface area contributed by atoms with Crippen LogP contribution in [0.4, 0.5) is 0 Å². The summed E-state index contributed by atoms with van der Waals surface area (Å²) in [6.45, 7) is 7.30. The van der Waals surface area contributed by atoms with Crippen LogP contribution in [0.25, 0.3) is 5.76 Å². The second-order valence-corrected chi connectivity index (χ2v) is 7.27. The summed E-state index contributed by atoms with van der Waals surface area (Å²) in [5.74, 6) is -1.15. The smallest absolute Gasteiger partial charge is 0.295 e. The molecule has 2 N–H and O–H groups in total. The van der Waals surface area contributed by atoms with Crippen molar-refractivity contribution in [1.82, 2.24) is 20.0 Å². The Bertz CT molecular complexity index is 921. The highest BCUT2D eigenvalue weighted by Gasteiger charge is 2.47. The number of aromatic nitrogens is 2. The van der Waals surface area contributed by atoms with Crippen LogP contribution >= 0.6 is 0 Å². The van der Waals surface area contributed by atoms with Crippen molar-refractivity contribution < 1.29 is 23.8 Å². The third-order valence-electron chi connectivity index (χ3n) is 5.48. The Morgan fingerprint density at radius 2 is 2.03 bits per heavy atom. The van der Waals surface area contributed by atoms with Gasteiger partial charge in [-0.15, -0.1) is 0 Å². The van der Waals surface area contributed by atoms with Gasteiger partial charge in [-0.05, 0) is 26.0 Å². The first-order chi connectivity index (χ1) is 14.0. The number of aromatic amines is 1. The normalized spacial score (nSPS) is 22.6. The first-order valence-corrected chi connectivity index (χ1v) is 9.63. The molecule has 1 amide bonds. The molecule has 2 fully saturated rings. The number of ketones is 1. The van der Waals surface area contributed by atoms with Crippen LogP contribution in [0, 0.1) is 13.8 Å². The zero-order valence-corrected chi connectivity index (χ0v) is 16.5. The lowest BCUT2D eigenvalue weighted by Crippen LogP contribution is -2.42. The number of amides is 1. The molecule has 2 aliphatic heterocycles. The van der Waals surface area contributed by atoms with Crippen LogP contribution in [0.2, 0.25) is 0 Å². The van der Waals surface area contributed by atoms with Gasteiger partial charge in [0.25, 0.3) is 11.7 Å². The number of rotatable bonds is 5. The lowest BCUT2D eigenvalue weighted by atomic mass is 9.98. The second-order valence-electron chi connectivity index (χ2n) is 7.27. The van der Waals surface area contributed by atoms with Gasteiger partial charge in [-0.2, -0.15) is 5.10 Å². The number of carbonyl (C=O) groups is 2. The fraction of sp³-hybridized carbons (Fsp3) is 0.450. The van der Waals surface area contributed by atoms with Gasteiger partial charge in [0, 0.05) is 31.9 Å². The first kappa shape index (κ1) is 19.4. The number of hydrogen-bond acceptors (Lipinski definition) is 7. The molecule has 2 saturated heterocycles. The Balaban J connectivity index is 1.72. The summed E-state index contributed by atoms with van der Waals surface area (Å²) < 4.78 is 10.9. The number of nitrogens with one attached hydrogen (secondary N) is 1. The molecule has 154 valence electrons.